The molecular weight excluding hydrogens is 229 g/mol. The monoisotopic (exact) mass is 251 g/mol. The minimum absolute atomic E-state index is 0.248. The highest BCUT2D eigenvalue weighted by molar-refractivity contribution is 5.65. The third-order valence-electron chi connectivity index (χ3n) is 3.64. The van der Waals surface area contributed by atoms with Gasteiger partial charge >= 0.3 is 0 Å². The zero-order valence-electron chi connectivity index (χ0n) is 11.1. The fraction of sp³-hybridized carbons (Fsp3) is 0.571. The summed E-state index contributed by atoms with van der Waals surface area (Å²) in [6.07, 6.45) is 1.19. The molecule has 3 N–H and O–H groups in total. The van der Waals surface area contributed by atoms with Gasteiger partial charge in [-0.1, -0.05) is 0 Å². The van der Waals surface area contributed by atoms with Gasteiger partial charge in [-0.2, -0.15) is 0 Å². The first-order valence-corrected chi connectivity index (χ1v) is 6.59. The van der Waals surface area contributed by atoms with Crippen molar-refractivity contribution in [1.29, 1.82) is 0 Å². The van der Waals surface area contributed by atoms with Crippen LogP contribution in [-0.4, -0.2) is 30.6 Å². The number of rotatable bonds is 4. The Morgan fingerprint density at radius 2 is 2.28 bits per heavy atom. The van der Waals surface area contributed by atoms with Crippen LogP contribution in [0, 0.1) is 11.7 Å². The predicted molar refractivity (Wildman–Crippen MR) is 74.1 cm³/mol. The molecule has 0 spiro atoms. The van der Waals surface area contributed by atoms with Crippen molar-refractivity contribution in [2.24, 2.45) is 5.92 Å². The van der Waals surface area contributed by atoms with Gasteiger partial charge < -0.3 is 16.0 Å². The normalized spacial score (nSPS) is 20.6. The highest BCUT2D eigenvalue weighted by atomic mass is 19.1. The van der Waals surface area contributed by atoms with E-state index in [1.54, 1.807) is 6.07 Å². The van der Waals surface area contributed by atoms with Crippen molar-refractivity contribution >= 4 is 11.4 Å². The molecule has 100 valence electrons. The van der Waals surface area contributed by atoms with Crippen molar-refractivity contribution in [2.75, 3.05) is 30.7 Å². The van der Waals surface area contributed by atoms with Gasteiger partial charge in [-0.15, -0.1) is 0 Å². The van der Waals surface area contributed by atoms with Gasteiger partial charge in [0.1, 0.15) is 5.82 Å². The molecule has 1 unspecified atom stereocenters. The summed E-state index contributed by atoms with van der Waals surface area (Å²) in [7, 11) is 0. The number of anilines is 2. The minimum Gasteiger partial charge on any atom is -0.397 e. The number of nitrogen functional groups attached to an aromatic ring is 1. The smallest absolute Gasteiger partial charge is 0.125 e. The lowest BCUT2D eigenvalue weighted by Gasteiger charge is -2.20. The number of nitrogens with two attached hydrogens (primary N) is 1. The number of hydrogen-bond acceptors (Lipinski definition) is 3. The molecule has 1 fully saturated rings. The van der Waals surface area contributed by atoms with Crippen LogP contribution < -0.4 is 11.1 Å². The van der Waals surface area contributed by atoms with E-state index >= 15 is 0 Å². The lowest BCUT2D eigenvalue weighted by atomic mass is 10.1. The summed E-state index contributed by atoms with van der Waals surface area (Å²) in [6.45, 7) is 7.57. The summed E-state index contributed by atoms with van der Waals surface area (Å²) < 4.78 is 13.1. The summed E-state index contributed by atoms with van der Waals surface area (Å²) in [5, 5.41) is 3.26. The molecule has 0 radical (unpaired) electrons. The maximum Gasteiger partial charge on any atom is 0.125 e. The molecule has 0 saturated carbocycles. The second-order valence-electron chi connectivity index (χ2n) is 5.36. The van der Waals surface area contributed by atoms with Gasteiger partial charge in [-0.25, -0.2) is 4.39 Å². The first-order valence-electron chi connectivity index (χ1n) is 6.59. The molecule has 1 atom stereocenters. The van der Waals surface area contributed by atoms with Crippen molar-refractivity contribution in [3.05, 3.63) is 24.0 Å². The van der Waals surface area contributed by atoms with E-state index < -0.39 is 0 Å². The summed E-state index contributed by atoms with van der Waals surface area (Å²) in [6, 6.07) is 5.06. The number of halogens is 1. The van der Waals surface area contributed by atoms with Crippen LogP contribution in [0.4, 0.5) is 15.8 Å². The SMILES string of the molecule is CC(C)N1CCC(CNc2cc(F)ccc2N)C1. The van der Waals surface area contributed by atoms with Crippen LogP contribution in [0.3, 0.4) is 0 Å². The van der Waals surface area contributed by atoms with E-state index in [4.69, 9.17) is 5.73 Å². The molecule has 2 rings (SSSR count). The van der Waals surface area contributed by atoms with Gasteiger partial charge in [0.2, 0.25) is 0 Å². The maximum atomic E-state index is 13.1. The second kappa shape index (κ2) is 5.57. The van der Waals surface area contributed by atoms with Gasteiger partial charge in [0.25, 0.3) is 0 Å². The topological polar surface area (TPSA) is 41.3 Å². The van der Waals surface area contributed by atoms with Gasteiger partial charge in [0.05, 0.1) is 11.4 Å². The summed E-state index contributed by atoms with van der Waals surface area (Å²) in [4.78, 5) is 2.47. The third-order valence-corrected chi connectivity index (χ3v) is 3.64. The Hall–Kier alpha value is -1.29. The largest absolute Gasteiger partial charge is 0.397 e. The average molecular weight is 251 g/mol. The van der Waals surface area contributed by atoms with Crippen LogP contribution in [0.15, 0.2) is 18.2 Å². The lowest BCUT2D eigenvalue weighted by Crippen LogP contribution is -2.29. The Balaban J connectivity index is 1.87. The predicted octanol–water partition coefficient (Wildman–Crippen LogP) is 2.55. The maximum absolute atomic E-state index is 13.1. The van der Waals surface area contributed by atoms with E-state index in [1.807, 2.05) is 0 Å². The molecular formula is C14H22FN3. The third kappa shape index (κ3) is 3.13. The van der Waals surface area contributed by atoms with Crippen molar-refractivity contribution in [3.8, 4) is 0 Å². The van der Waals surface area contributed by atoms with Crippen molar-refractivity contribution in [2.45, 2.75) is 26.3 Å². The van der Waals surface area contributed by atoms with Crippen molar-refractivity contribution in [3.63, 3.8) is 0 Å². The minimum atomic E-state index is -0.248. The summed E-state index contributed by atoms with van der Waals surface area (Å²) >= 11 is 0. The van der Waals surface area contributed by atoms with Crippen molar-refractivity contribution in [1.82, 2.24) is 4.90 Å². The Morgan fingerprint density at radius 3 is 2.94 bits per heavy atom. The Morgan fingerprint density at radius 1 is 1.50 bits per heavy atom. The molecule has 1 heterocycles. The molecule has 3 nitrogen and oxygen atoms in total. The molecule has 0 bridgehead atoms. The number of nitrogens with zero attached hydrogens (tertiary/aromatic N) is 1. The second-order valence-corrected chi connectivity index (χ2v) is 5.36. The molecule has 1 aromatic carbocycles. The average Bonchev–Trinajstić information content (AvgIpc) is 2.79. The Labute approximate surface area is 108 Å². The molecule has 1 aliphatic rings. The fourth-order valence-electron chi connectivity index (χ4n) is 2.43. The van der Waals surface area contributed by atoms with E-state index in [-0.39, 0.29) is 5.82 Å². The molecule has 18 heavy (non-hydrogen) atoms. The molecule has 1 aromatic rings. The zero-order valence-corrected chi connectivity index (χ0v) is 11.1. The van der Waals surface area contributed by atoms with E-state index in [9.17, 15) is 4.39 Å². The van der Waals surface area contributed by atoms with Crippen LogP contribution >= 0.6 is 0 Å². The first-order chi connectivity index (χ1) is 8.56. The van der Waals surface area contributed by atoms with Crippen LogP contribution in [0.25, 0.3) is 0 Å². The van der Waals surface area contributed by atoms with E-state index in [0.29, 0.717) is 23.3 Å². The molecule has 1 aliphatic heterocycles. The van der Waals surface area contributed by atoms with Gasteiger partial charge in [0.15, 0.2) is 0 Å². The molecule has 4 heteroatoms. The fourth-order valence-corrected chi connectivity index (χ4v) is 2.43. The first kappa shape index (κ1) is 13.1. The van der Waals surface area contributed by atoms with Gasteiger partial charge in [0, 0.05) is 19.1 Å². The number of benzene rings is 1. The molecule has 0 aliphatic carbocycles. The van der Waals surface area contributed by atoms with Crippen LogP contribution in [0.2, 0.25) is 0 Å². The molecule has 1 saturated heterocycles. The van der Waals surface area contributed by atoms with E-state index in [2.05, 4.69) is 24.1 Å². The molecule has 0 aromatic heterocycles. The summed E-state index contributed by atoms with van der Waals surface area (Å²) in [5.74, 6) is 0.372. The van der Waals surface area contributed by atoms with Crippen LogP contribution in [-0.2, 0) is 0 Å². The zero-order chi connectivity index (χ0) is 13.1. The Kier molecular flexibility index (Phi) is 4.07. The number of hydrogen-bond donors (Lipinski definition) is 2. The summed E-state index contributed by atoms with van der Waals surface area (Å²) in [5.41, 5.74) is 7.12. The highest BCUT2D eigenvalue weighted by Crippen LogP contribution is 2.22. The molecule has 0 amide bonds. The number of likely N-dealkylation sites (tertiary alicyclic amines) is 1. The van der Waals surface area contributed by atoms with E-state index in [0.717, 1.165) is 19.6 Å². The van der Waals surface area contributed by atoms with Gasteiger partial charge in [-0.3, -0.25) is 0 Å². The quantitative estimate of drug-likeness (QED) is 0.808. The highest BCUT2D eigenvalue weighted by Gasteiger charge is 2.23. The van der Waals surface area contributed by atoms with Gasteiger partial charge in [-0.05, 0) is 50.9 Å². The van der Waals surface area contributed by atoms with Crippen LogP contribution in [0.5, 0.6) is 0 Å². The van der Waals surface area contributed by atoms with E-state index in [1.165, 1.54) is 18.6 Å². The number of nitrogens with one attached hydrogen (secondary N) is 1. The lowest BCUT2D eigenvalue weighted by molar-refractivity contribution is 0.266. The van der Waals surface area contributed by atoms with Crippen molar-refractivity contribution < 1.29 is 4.39 Å². The standard InChI is InChI=1S/C14H22FN3/c1-10(2)18-6-5-11(9-18)8-17-14-7-12(15)3-4-13(14)16/h3-4,7,10-11,17H,5-6,8-9,16H2,1-2H3. The van der Waals surface area contributed by atoms with Crippen LogP contribution in [0.1, 0.15) is 20.3 Å². The Bertz CT molecular complexity index is 406.